The van der Waals surface area contributed by atoms with Crippen molar-refractivity contribution in [2.45, 2.75) is 16.6 Å². The SMILES string of the molecule is O=[N+]([O-])c1ccc(Br)c(OCC2Cc3ccccc3S2)c1. The molecule has 1 heterocycles. The molecular formula is C15H12BrNO3S. The molecule has 6 heteroatoms. The second-order valence-corrected chi connectivity index (χ2v) is 6.93. The monoisotopic (exact) mass is 365 g/mol. The van der Waals surface area contributed by atoms with Gasteiger partial charge in [-0.3, -0.25) is 10.1 Å². The zero-order valence-corrected chi connectivity index (χ0v) is 13.4. The topological polar surface area (TPSA) is 52.4 Å². The molecule has 0 aliphatic carbocycles. The second kappa shape index (κ2) is 6.07. The summed E-state index contributed by atoms with van der Waals surface area (Å²) in [7, 11) is 0. The van der Waals surface area contributed by atoms with Gasteiger partial charge in [-0.05, 0) is 40.0 Å². The van der Waals surface area contributed by atoms with E-state index in [1.165, 1.54) is 22.6 Å². The first kappa shape index (κ1) is 14.4. The zero-order valence-electron chi connectivity index (χ0n) is 11.0. The van der Waals surface area contributed by atoms with E-state index < -0.39 is 4.92 Å². The van der Waals surface area contributed by atoms with Crippen LogP contribution in [0.4, 0.5) is 5.69 Å². The molecule has 0 fully saturated rings. The predicted molar refractivity (Wildman–Crippen MR) is 86.1 cm³/mol. The van der Waals surface area contributed by atoms with Crippen molar-refractivity contribution >= 4 is 33.4 Å². The van der Waals surface area contributed by atoms with Gasteiger partial charge in [0, 0.05) is 16.2 Å². The summed E-state index contributed by atoms with van der Waals surface area (Å²) < 4.78 is 6.50. The standard InChI is InChI=1S/C15H12BrNO3S/c16-13-6-5-11(17(18)19)8-14(13)20-9-12-7-10-3-1-2-4-15(10)21-12/h1-6,8,12H,7,9H2. The number of nitrogens with zero attached hydrogens (tertiary/aromatic N) is 1. The summed E-state index contributed by atoms with van der Waals surface area (Å²) in [4.78, 5) is 11.7. The van der Waals surface area contributed by atoms with Crippen molar-refractivity contribution in [3.63, 3.8) is 0 Å². The van der Waals surface area contributed by atoms with Crippen LogP contribution >= 0.6 is 27.7 Å². The van der Waals surface area contributed by atoms with Gasteiger partial charge in [0.15, 0.2) is 0 Å². The van der Waals surface area contributed by atoms with E-state index in [1.807, 2.05) is 12.1 Å². The van der Waals surface area contributed by atoms with E-state index in [0.717, 1.165) is 10.9 Å². The molecule has 0 spiro atoms. The van der Waals surface area contributed by atoms with E-state index in [2.05, 4.69) is 28.1 Å². The van der Waals surface area contributed by atoms with Crippen LogP contribution in [-0.2, 0) is 6.42 Å². The summed E-state index contributed by atoms with van der Waals surface area (Å²) in [5, 5.41) is 11.1. The molecular weight excluding hydrogens is 354 g/mol. The molecule has 0 bridgehead atoms. The molecule has 0 radical (unpaired) electrons. The minimum atomic E-state index is -0.417. The molecule has 1 aliphatic rings. The first-order valence-electron chi connectivity index (χ1n) is 6.45. The van der Waals surface area contributed by atoms with Gasteiger partial charge in [0.25, 0.3) is 5.69 Å². The molecule has 1 aliphatic heterocycles. The van der Waals surface area contributed by atoms with E-state index in [4.69, 9.17) is 4.74 Å². The fourth-order valence-electron chi connectivity index (χ4n) is 2.25. The fourth-order valence-corrected chi connectivity index (χ4v) is 3.82. The van der Waals surface area contributed by atoms with Crippen LogP contribution in [-0.4, -0.2) is 16.8 Å². The Kier molecular flexibility index (Phi) is 4.17. The van der Waals surface area contributed by atoms with Crippen molar-refractivity contribution < 1.29 is 9.66 Å². The molecule has 1 unspecified atom stereocenters. The first-order valence-corrected chi connectivity index (χ1v) is 8.12. The number of nitro benzene ring substituents is 1. The maximum Gasteiger partial charge on any atom is 0.273 e. The molecule has 21 heavy (non-hydrogen) atoms. The van der Waals surface area contributed by atoms with Gasteiger partial charge in [0.2, 0.25) is 0 Å². The molecule has 2 aromatic rings. The normalized spacial score (nSPS) is 16.5. The van der Waals surface area contributed by atoms with Gasteiger partial charge in [0.1, 0.15) is 12.4 Å². The Morgan fingerprint density at radius 3 is 2.90 bits per heavy atom. The lowest BCUT2D eigenvalue weighted by molar-refractivity contribution is -0.385. The van der Waals surface area contributed by atoms with Crippen molar-refractivity contribution in [2.24, 2.45) is 0 Å². The van der Waals surface area contributed by atoms with Crippen LogP contribution in [0.1, 0.15) is 5.56 Å². The van der Waals surface area contributed by atoms with Gasteiger partial charge in [0.05, 0.1) is 15.5 Å². The van der Waals surface area contributed by atoms with E-state index >= 15 is 0 Å². The van der Waals surface area contributed by atoms with Crippen LogP contribution in [0, 0.1) is 10.1 Å². The van der Waals surface area contributed by atoms with Crippen molar-refractivity contribution in [3.05, 3.63) is 62.6 Å². The van der Waals surface area contributed by atoms with Gasteiger partial charge in [-0.25, -0.2) is 0 Å². The minimum absolute atomic E-state index is 0.0376. The third-order valence-electron chi connectivity index (χ3n) is 3.26. The predicted octanol–water partition coefficient (Wildman–Crippen LogP) is 4.45. The van der Waals surface area contributed by atoms with Crippen LogP contribution < -0.4 is 4.74 Å². The van der Waals surface area contributed by atoms with Gasteiger partial charge in [-0.1, -0.05) is 18.2 Å². The summed E-state index contributed by atoms with van der Waals surface area (Å²) >= 11 is 5.16. The van der Waals surface area contributed by atoms with Gasteiger partial charge in [-0.2, -0.15) is 0 Å². The Morgan fingerprint density at radius 2 is 2.14 bits per heavy atom. The maximum atomic E-state index is 10.8. The Morgan fingerprint density at radius 1 is 1.33 bits per heavy atom. The lowest BCUT2D eigenvalue weighted by atomic mass is 10.1. The molecule has 1 atom stereocenters. The fraction of sp³-hybridized carbons (Fsp3) is 0.200. The van der Waals surface area contributed by atoms with Crippen LogP contribution in [0.5, 0.6) is 5.75 Å². The highest BCUT2D eigenvalue weighted by Gasteiger charge is 2.22. The van der Waals surface area contributed by atoms with E-state index in [1.54, 1.807) is 17.8 Å². The number of hydrogen-bond donors (Lipinski definition) is 0. The summed E-state index contributed by atoms with van der Waals surface area (Å²) in [5.74, 6) is 0.515. The van der Waals surface area contributed by atoms with Crippen molar-refractivity contribution in [1.82, 2.24) is 0 Å². The number of hydrogen-bond acceptors (Lipinski definition) is 4. The van der Waals surface area contributed by atoms with Gasteiger partial charge < -0.3 is 4.74 Å². The second-order valence-electron chi connectivity index (χ2n) is 4.73. The number of nitro groups is 1. The highest BCUT2D eigenvalue weighted by molar-refractivity contribution is 9.10. The Balaban J connectivity index is 1.67. The number of rotatable bonds is 4. The molecule has 108 valence electrons. The minimum Gasteiger partial charge on any atom is -0.491 e. The smallest absolute Gasteiger partial charge is 0.273 e. The molecule has 0 N–H and O–H groups in total. The largest absolute Gasteiger partial charge is 0.491 e. The number of benzene rings is 2. The van der Waals surface area contributed by atoms with Crippen LogP contribution in [0.15, 0.2) is 51.8 Å². The molecule has 0 saturated heterocycles. The summed E-state index contributed by atoms with van der Waals surface area (Å²) in [6.45, 7) is 0.527. The molecule has 4 nitrogen and oxygen atoms in total. The van der Waals surface area contributed by atoms with Crippen LogP contribution in [0.2, 0.25) is 0 Å². The maximum absolute atomic E-state index is 10.8. The number of ether oxygens (including phenoxy) is 1. The zero-order chi connectivity index (χ0) is 14.8. The van der Waals surface area contributed by atoms with Gasteiger partial charge >= 0.3 is 0 Å². The van der Waals surface area contributed by atoms with E-state index in [-0.39, 0.29) is 5.69 Å². The van der Waals surface area contributed by atoms with Crippen LogP contribution in [0.25, 0.3) is 0 Å². The highest BCUT2D eigenvalue weighted by Crippen LogP contribution is 2.37. The third-order valence-corrected chi connectivity index (χ3v) is 5.21. The lowest BCUT2D eigenvalue weighted by Gasteiger charge is -2.12. The average molecular weight is 366 g/mol. The highest BCUT2D eigenvalue weighted by atomic mass is 79.9. The molecule has 0 amide bonds. The number of fused-ring (bicyclic) bond motifs is 1. The summed E-state index contributed by atoms with van der Waals surface area (Å²) in [5.41, 5.74) is 1.38. The quantitative estimate of drug-likeness (QED) is 0.593. The molecule has 3 rings (SSSR count). The first-order chi connectivity index (χ1) is 10.1. The molecule has 0 saturated carbocycles. The van der Waals surface area contributed by atoms with Gasteiger partial charge in [-0.15, -0.1) is 11.8 Å². The third kappa shape index (κ3) is 3.22. The lowest BCUT2D eigenvalue weighted by Crippen LogP contribution is -2.13. The van der Waals surface area contributed by atoms with Crippen molar-refractivity contribution in [3.8, 4) is 5.75 Å². The van der Waals surface area contributed by atoms with Crippen molar-refractivity contribution in [1.29, 1.82) is 0 Å². The van der Waals surface area contributed by atoms with Crippen LogP contribution in [0.3, 0.4) is 0 Å². The summed E-state index contributed by atoms with van der Waals surface area (Å²) in [6, 6.07) is 12.9. The average Bonchev–Trinajstić information content (AvgIpc) is 2.89. The van der Waals surface area contributed by atoms with E-state index in [9.17, 15) is 10.1 Å². The van der Waals surface area contributed by atoms with E-state index in [0.29, 0.717) is 17.6 Å². The summed E-state index contributed by atoms with van der Waals surface area (Å²) in [6.07, 6.45) is 0.966. The Hall–Kier alpha value is -1.53. The molecule has 0 aromatic heterocycles. The number of thioether (sulfide) groups is 1. The molecule has 2 aromatic carbocycles. The van der Waals surface area contributed by atoms with Crippen molar-refractivity contribution in [2.75, 3.05) is 6.61 Å². The number of halogens is 1. The Bertz CT molecular complexity index is 667. The Labute approximate surface area is 134 Å². The number of non-ortho nitro benzene ring substituents is 1.